The molecule has 1 aliphatic heterocycles. The van der Waals surface area contributed by atoms with Crippen LogP contribution in [0.2, 0.25) is 0 Å². The van der Waals surface area contributed by atoms with Crippen molar-refractivity contribution >= 4 is 17.4 Å². The fourth-order valence-electron chi connectivity index (χ4n) is 2.69. The Morgan fingerprint density at radius 2 is 1.95 bits per heavy atom. The molecule has 0 aromatic heterocycles. The first kappa shape index (κ1) is 14.5. The molecule has 1 atom stereocenters. The quantitative estimate of drug-likeness (QED) is 0.870. The fourth-order valence-corrected chi connectivity index (χ4v) is 3.79. The van der Waals surface area contributed by atoms with Crippen LogP contribution >= 0.6 is 11.8 Å². The van der Waals surface area contributed by atoms with Gasteiger partial charge in [-0.15, -0.1) is 0 Å². The van der Waals surface area contributed by atoms with E-state index in [0.717, 1.165) is 18.1 Å². The summed E-state index contributed by atoms with van der Waals surface area (Å²) in [6.07, 6.45) is 0. The molecular weight excluding hydrogens is 278 g/mol. The Balaban J connectivity index is 1.81. The van der Waals surface area contributed by atoms with Gasteiger partial charge in [0.15, 0.2) is 0 Å². The first-order valence-corrected chi connectivity index (χ1v) is 8.61. The van der Waals surface area contributed by atoms with Crippen LogP contribution in [0.1, 0.15) is 29.7 Å². The first-order valence-electron chi connectivity index (χ1n) is 7.46. The van der Waals surface area contributed by atoms with E-state index in [0.29, 0.717) is 12.6 Å². The lowest BCUT2D eigenvalue weighted by Gasteiger charge is -2.27. The molecule has 0 saturated heterocycles. The molecule has 1 unspecified atom stereocenters. The molecular formula is C18H21NOS. The molecule has 21 heavy (non-hydrogen) atoms. The molecule has 1 N–H and O–H groups in total. The van der Waals surface area contributed by atoms with Gasteiger partial charge < -0.3 is 10.1 Å². The summed E-state index contributed by atoms with van der Waals surface area (Å²) in [6, 6.07) is 17.6. The van der Waals surface area contributed by atoms with Gasteiger partial charge in [-0.05, 0) is 24.1 Å². The number of hydrogen-bond donors (Lipinski definition) is 1. The molecule has 0 amide bonds. The number of thioether (sulfide) groups is 1. The van der Waals surface area contributed by atoms with Crippen molar-refractivity contribution in [3.05, 3.63) is 65.2 Å². The second-order valence-corrected chi connectivity index (χ2v) is 6.24. The van der Waals surface area contributed by atoms with E-state index in [1.165, 1.54) is 22.4 Å². The van der Waals surface area contributed by atoms with Crippen molar-refractivity contribution in [3.63, 3.8) is 0 Å². The lowest BCUT2D eigenvalue weighted by atomic mass is 10.0. The van der Waals surface area contributed by atoms with Gasteiger partial charge in [0.05, 0.1) is 12.6 Å². The molecule has 0 spiro atoms. The van der Waals surface area contributed by atoms with Crippen molar-refractivity contribution in [2.45, 2.75) is 25.3 Å². The minimum Gasteiger partial charge on any atom is -0.377 e. The van der Waals surface area contributed by atoms with Crippen LogP contribution in [0.15, 0.2) is 48.5 Å². The number of para-hydroxylation sites is 1. The maximum Gasteiger partial charge on any atom is 0.0736 e. The summed E-state index contributed by atoms with van der Waals surface area (Å²) in [5, 5.41) is 3.71. The molecule has 0 aliphatic carbocycles. The van der Waals surface area contributed by atoms with Crippen molar-refractivity contribution in [1.82, 2.24) is 0 Å². The molecule has 3 rings (SSSR count). The predicted molar refractivity (Wildman–Crippen MR) is 90.7 cm³/mol. The second kappa shape index (κ2) is 7.01. The normalized spacial score (nSPS) is 17.3. The van der Waals surface area contributed by atoms with Crippen LogP contribution in [0, 0.1) is 0 Å². The Morgan fingerprint density at radius 1 is 1.14 bits per heavy atom. The molecule has 2 aromatic rings. The van der Waals surface area contributed by atoms with E-state index >= 15 is 0 Å². The monoisotopic (exact) mass is 299 g/mol. The first-order chi connectivity index (χ1) is 10.4. The van der Waals surface area contributed by atoms with E-state index in [4.69, 9.17) is 4.74 Å². The average Bonchev–Trinajstić information content (AvgIpc) is 2.54. The Bertz CT molecular complexity index is 599. The summed E-state index contributed by atoms with van der Waals surface area (Å²) < 4.78 is 5.57. The standard InChI is InChI=1S/C18H21NOS/c1-2-20-11-14-7-4-6-10-17(14)19-18-13-21-12-15-8-3-5-9-16(15)18/h3-10,18-19H,2,11-13H2,1H3. The number of hydrogen-bond acceptors (Lipinski definition) is 3. The van der Waals surface area contributed by atoms with Crippen molar-refractivity contribution in [2.24, 2.45) is 0 Å². The SMILES string of the molecule is CCOCc1ccccc1NC1CSCc2ccccc21. The van der Waals surface area contributed by atoms with Crippen molar-refractivity contribution in [1.29, 1.82) is 0 Å². The topological polar surface area (TPSA) is 21.3 Å². The maximum atomic E-state index is 5.57. The number of ether oxygens (including phenoxy) is 1. The highest BCUT2D eigenvalue weighted by molar-refractivity contribution is 7.98. The van der Waals surface area contributed by atoms with Crippen LogP contribution in [0.4, 0.5) is 5.69 Å². The van der Waals surface area contributed by atoms with Crippen molar-refractivity contribution < 1.29 is 4.74 Å². The van der Waals surface area contributed by atoms with Crippen LogP contribution in [0.3, 0.4) is 0 Å². The molecule has 0 bridgehead atoms. The maximum absolute atomic E-state index is 5.57. The minimum atomic E-state index is 0.378. The van der Waals surface area contributed by atoms with Crippen molar-refractivity contribution in [2.75, 3.05) is 17.7 Å². The summed E-state index contributed by atoms with van der Waals surface area (Å²) in [5.74, 6) is 2.23. The molecule has 3 heteroatoms. The lowest BCUT2D eigenvalue weighted by Crippen LogP contribution is -2.19. The third-order valence-electron chi connectivity index (χ3n) is 3.78. The van der Waals surface area contributed by atoms with Gasteiger partial charge in [-0.25, -0.2) is 0 Å². The van der Waals surface area contributed by atoms with Crippen LogP contribution in [-0.4, -0.2) is 12.4 Å². The highest BCUT2D eigenvalue weighted by Crippen LogP contribution is 2.34. The lowest BCUT2D eigenvalue weighted by molar-refractivity contribution is 0.134. The smallest absolute Gasteiger partial charge is 0.0736 e. The van der Waals surface area contributed by atoms with Crippen LogP contribution < -0.4 is 5.32 Å². The summed E-state index contributed by atoms with van der Waals surface area (Å²) in [5.41, 5.74) is 5.30. The van der Waals surface area contributed by atoms with Gasteiger partial charge in [0.25, 0.3) is 0 Å². The largest absolute Gasteiger partial charge is 0.377 e. The zero-order valence-electron chi connectivity index (χ0n) is 12.3. The zero-order valence-corrected chi connectivity index (χ0v) is 13.2. The average molecular weight is 299 g/mol. The molecule has 2 nitrogen and oxygen atoms in total. The molecule has 0 fully saturated rings. The van der Waals surface area contributed by atoms with Crippen molar-refractivity contribution in [3.8, 4) is 0 Å². The van der Waals surface area contributed by atoms with Gasteiger partial charge in [0.2, 0.25) is 0 Å². The summed E-state index contributed by atoms with van der Waals surface area (Å²) >= 11 is 1.99. The number of fused-ring (bicyclic) bond motifs is 1. The number of rotatable bonds is 5. The summed E-state index contributed by atoms with van der Waals surface area (Å²) in [6.45, 7) is 3.45. The second-order valence-electron chi connectivity index (χ2n) is 5.21. The minimum absolute atomic E-state index is 0.378. The number of anilines is 1. The molecule has 1 heterocycles. The molecule has 0 radical (unpaired) electrons. The number of nitrogens with one attached hydrogen (secondary N) is 1. The highest BCUT2D eigenvalue weighted by Gasteiger charge is 2.20. The van der Waals surface area contributed by atoms with Gasteiger partial charge in [0, 0.05) is 29.4 Å². The third-order valence-corrected chi connectivity index (χ3v) is 4.87. The van der Waals surface area contributed by atoms with Crippen LogP contribution in [-0.2, 0) is 17.1 Å². The fraction of sp³-hybridized carbons (Fsp3) is 0.333. The van der Waals surface area contributed by atoms with Crippen LogP contribution in [0.25, 0.3) is 0 Å². The Hall–Kier alpha value is -1.45. The molecule has 110 valence electrons. The number of benzene rings is 2. The van der Waals surface area contributed by atoms with Crippen LogP contribution in [0.5, 0.6) is 0 Å². The van der Waals surface area contributed by atoms with E-state index in [2.05, 4.69) is 53.8 Å². The van der Waals surface area contributed by atoms with E-state index in [-0.39, 0.29) is 0 Å². The summed E-state index contributed by atoms with van der Waals surface area (Å²) in [7, 11) is 0. The van der Waals surface area contributed by atoms with Gasteiger partial charge in [-0.3, -0.25) is 0 Å². The van der Waals surface area contributed by atoms with Gasteiger partial charge in [-0.2, -0.15) is 11.8 Å². The van der Waals surface area contributed by atoms with E-state index in [1.807, 2.05) is 18.7 Å². The molecule has 0 saturated carbocycles. The molecule has 1 aliphatic rings. The Labute approximate surface area is 130 Å². The zero-order chi connectivity index (χ0) is 14.5. The Kier molecular flexibility index (Phi) is 4.84. The van der Waals surface area contributed by atoms with Gasteiger partial charge in [0.1, 0.15) is 0 Å². The highest BCUT2D eigenvalue weighted by atomic mass is 32.2. The van der Waals surface area contributed by atoms with E-state index < -0.39 is 0 Å². The van der Waals surface area contributed by atoms with Gasteiger partial charge >= 0.3 is 0 Å². The van der Waals surface area contributed by atoms with E-state index in [9.17, 15) is 0 Å². The molecule has 2 aromatic carbocycles. The Morgan fingerprint density at radius 3 is 2.86 bits per heavy atom. The summed E-state index contributed by atoms with van der Waals surface area (Å²) in [4.78, 5) is 0. The van der Waals surface area contributed by atoms with E-state index in [1.54, 1.807) is 0 Å². The predicted octanol–water partition coefficient (Wildman–Crippen LogP) is 4.62. The van der Waals surface area contributed by atoms with Gasteiger partial charge in [-0.1, -0.05) is 42.5 Å². The third kappa shape index (κ3) is 3.42.